The number of benzene rings is 3. The van der Waals surface area contributed by atoms with Crippen molar-refractivity contribution in [2.45, 2.75) is 16.9 Å². The molecule has 1 N–H and O–H groups in total. The number of allylic oxidation sites excluding steroid dienone is 3. The van der Waals surface area contributed by atoms with Crippen molar-refractivity contribution in [2.75, 3.05) is 0 Å². The average Bonchev–Trinajstić information content (AvgIpc) is 3.02. The van der Waals surface area contributed by atoms with E-state index in [2.05, 4.69) is 38.9 Å². The third kappa shape index (κ3) is 2.77. The molecule has 0 heterocycles. The number of halogens is 1. The van der Waals surface area contributed by atoms with Gasteiger partial charge in [-0.05, 0) is 28.6 Å². The van der Waals surface area contributed by atoms with Crippen LogP contribution in [0.3, 0.4) is 0 Å². The molecule has 3 aromatic rings. The van der Waals surface area contributed by atoms with Gasteiger partial charge in [-0.1, -0.05) is 88.8 Å². The lowest BCUT2D eigenvalue weighted by Crippen LogP contribution is -2.31. The zero-order chi connectivity index (χ0) is 19.3. The van der Waals surface area contributed by atoms with Gasteiger partial charge in [0.05, 0.1) is 10.9 Å². The summed E-state index contributed by atoms with van der Waals surface area (Å²) in [5.74, 6) is 0.287. The molecule has 3 aromatic carbocycles. The number of rotatable bonds is 3. The highest BCUT2D eigenvalue weighted by Crippen LogP contribution is 2.48. The Morgan fingerprint density at radius 3 is 2.29 bits per heavy atom. The van der Waals surface area contributed by atoms with E-state index < -0.39 is 10.0 Å². The minimum atomic E-state index is -3.71. The summed E-state index contributed by atoms with van der Waals surface area (Å²) in [6.45, 7) is 0. The van der Waals surface area contributed by atoms with Crippen LogP contribution in [0.25, 0.3) is 10.8 Å². The molecule has 2 aliphatic carbocycles. The van der Waals surface area contributed by atoms with Crippen LogP contribution in [-0.2, 0) is 10.0 Å². The first-order valence-corrected chi connectivity index (χ1v) is 11.5. The molecule has 3 nitrogen and oxygen atoms in total. The van der Waals surface area contributed by atoms with Crippen molar-refractivity contribution in [3.63, 3.8) is 0 Å². The Kier molecular flexibility index (Phi) is 4.27. The minimum Gasteiger partial charge on any atom is -0.207 e. The van der Waals surface area contributed by atoms with E-state index in [9.17, 15) is 8.42 Å². The van der Waals surface area contributed by atoms with E-state index in [0.29, 0.717) is 10.3 Å². The fourth-order valence-electron chi connectivity index (χ4n) is 4.40. The van der Waals surface area contributed by atoms with Crippen LogP contribution in [0.2, 0.25) is 0 Å². The van der Waals surface area contributed by atoms with Gasteiger partial charge in [0.15, 0.2) is 0 Å². The van der Waals surface area contributed by atoms with Crippen molar-refractivity contribution in [1.29, 1.82) is 0 Å². The first kappa shape index (κ1) is 17.9. The summed E-state index contributed by atoms with van der Waals surface area (Å²) in [6, 6.07) is 18.8. The van der Waals surface area contributed by atoms with Crippen LogP contribution in [0.4, 0.5) is 0 Å². The van der Waals surface area contributed by atoms with Gasteiger partial charge in [-0.3, -0.25) is 0 Å². The van der Waals surface area contributed by atoms with E-state index >= 15 is 0 Å². The van der Waals surface area contributed by atoms with Gasteiger partial charge in [0, 0.05) is 21.7 Å². The Balaban J connectivity index is 1.61. The Morgan fingerprint density at radius 1 is 0.786 bits per heavy atom. The second kappa shape index (κ2) is 6.69. The summed E-state index contributed by atoms with van der Waals surface area (Å²) in [7, 11) is -3.71. The van der Waals surface area contributed by atoms with E-state index in [0.717, 1.165) is 15.4 Å². The molecule has 0 saturated heterocycles. The molecular formula is C23H18BrNO2S. The van der Waals surface area contributed by atoms with Gasteiger partial charge in [-0.2, -0.15) is 0 Å². The maximum atomic E-state index is 13.4. The molecule has 0 amide bonds. The van der Waals surface area contributed by atoms with Crippen molar-refractivity contribution in [3.05, 3.63) is 101 Å². The maximum Gasteiger partial charge on any atom is 0.241 e. The molecule has 0 radical (unpaired) electrons. The van der Waals surface area contributed by atoms with Crippen LogP contribution >= 0.6 is 15.9 Å². The van der Waals surface area contributed by atoms with Gasteiger partial charge >= 0.3 is 0 Å². The van der Waals surface area contributed by atoms with E-state index in [1.54, 1.807) is 12.1 Å². The largest absolute Gasteiger partial charge is 0.241 e. The highest BCUT2D eigenvalue weighted by Gasteiger charge is 2.40. The lowest BCUT2D eigenvalue weighted by molar-refractivity contribution is 0.477. The van der Waals surface area contributed by atoms with Gasteiger partial charge in [0.1, 0.15) is 0 Å². The third-order valence-electron chi connectivity index (χ3n) is 5.66. The molecule has 3 atom stereocenters. The monoisotopic (exact) mass is 451 g/mol. The first-order valence-electron chi connectivity index (χ1n) is 9.20. The van der Waals surface area contributed by atoms with Crippen molar-refractivity contribution in [3.8, 4) is 0 Å². The van der Waals surface area contributed by atoms with Gasteiger partial charge < -0.3 is 0 Å². The highest BCUT2D eigenvalue weighted by atomic mass is 79.9. The van der Waals surface area contributed by atoms with Crippen LogP contribution < -0.4 is 4.72 Å². The van der Waals surface area contributed by atoms with Crippen LogP contribution in [0.1, 0.15) is 23.1 Å². The van der Waals surface area contributed by atoms with E-state index in [4.69, 9.17) is 0 Å². The summed E-state index contributed by atoms with van der Waals surface area (Å²) in [4.78, 5) is 0.308. The second-order valence-corrected chi connectivity index (χ2v) is 9.73. The van der Waals surface area contributed by atoms with E-state index in [1.807, 2.05) is 54.6 Å². The average molecular weight is 452 g/mol. The van der Waals surface area contributed by atoms with Gasteiger partial charge in [-0.15, -0.1) is 0 Å². The zero-order valence-corrected chi connectivity index (χ0v) is 17.3. The molecule has 0 unspecified atom stereocenters. The van der Waals surface area contributed by atoms with Crippen molar-refractivity contribution in [2.24, 2.45) is 5.92 Å². The molecule has 0 fully saturated rings. The lowest BCUT2D eigenvalue weighted by atomic mass is 9.87. The summed E-state index contributed by atoms with van der Waals surface area (Å²) in [5.41, 5.74) is 2.25. The van der Waals surface area contributed by atoms with Crippen LogP contribution in [-0.4, -0.2) is 8.42 Å². The smallest absolute Gasteiger partial charge is 0.207 e. The molecule has 140 valence electrons. The fourth-order valence-corrected chi connectivity index (χ4v) is 6.34. The topological polar surface area (TPSA) is 46.2 Å². The van der Waals surface area contributed by atoms with E-state index in [-0.39, 0.29) is 17.9 Å². The zero-order valence-electron chi connectivity index (χ0n) is 14.9. The number of hydrogen-bond donors (Lipinski definition) is 1. The molecule has 0 aromatic heterocycles. The number of hydrogen-bond acceptors (Lipinski definition) is 2. The molecule has 5 heteroatoms. The van der Waals surface area contributed by atoms with Gasteiger partial charge in [0.2, 0.25) is 10.0 Å². The van der Waals surface area contributed by atoms with Crippen LogP contribution in [0.5, 0.6) is 0 Å². The number of fused-ring (bicyclic) bond motifs is 4. The summed E-state index contributed by atoms with van der Waals surface area (Å²) < 4.78 is 30.8. The summed E-state index contributed by atoms with van der Waals surface area (Å²) in [6.07, 6.45) is 8.31. The van der Waals surface area contributed by atoms with Crippen LogP contribution in [0.15, 0.2) is 94.3 Å². The van der Waals surface area contributed by atoms with Gasteiger partial charge in [0.25, 0.3) is 0 Å². The minimum absolute atomic E-state index is 0.0823. The normalized spacial score (nSPS) is 23.0. The van der Waals surface area contributed by atoms with Gasteiger partial charge in [-0.25, -0.2) is 13.1 Å². The maximum absolute atomic E-state index is 13.4. The first-order chi connectivity index (χ1) is 13.6. The standard InChI is InChI=1S/C23H18BrNO2S/c24-21-13-14-22(18-10-4-3-9-17(18)21)28(26,27)25-23-19-11-5-1-7-15(19)16-8-2-6-12-20(16)23/h1-15,19,23,25H/t15-,19+,23-/m0/s1. The Hall–Kier alpha value is -2.21. The molecular weight excluding hydrogens is 434 g/mol. The van der Waals surface area contributed by atoms with E-state index in [1.165, 1.54) is 5.56 Å². The van der Waals surface area contributed by atoms with Crippen molar-refractivity contribution < 1.29 is 8.42 Å². The molecule has 28 heavy (non-hydrogen) atoms. The number of sulfonamides is 1. The lowest BCUT2D eigenvalue weighted by Gasteiger charge is -2.24. The highest BCUT2D eigenvalue weighted by molar-refractivity contribution is 9.10. The van der Waals surface area contributed by atoms with Crippen molar-refractivity contribution >= 4 is 36.7 Å². The van der Waals surface area contributed by atoms with Crippen molar-refractivity contribution in [1.82, 2.24) is 4.72 Å². The Bertz CT molecular complexity index is 1250. The molecule has 0 saturated carbocycles. The summed E-state index contributed by atoms with van der Waals surface area (Å²) >= 11 is 3.52. The molecule has 0 bridgehead atoms. The fraction of sp³-hybridized carbons (Fsp3) is 0.130. The second-order valence-electron chi connectivity index (χ2n) is 7.19. The molecule has 0 spiro atoms. The molecule has 2 aliphatic rings. The molecule has 5 rings (SSSR count). The third-order valence-corrected chi connectivity index (χ3v) is 7.85. The predicted molar refractivity (Wildman–Crippen MR) is 116 cm³/mol. The quantitative estimate of drug-likeness (QED) is 0.574. The van der Waals surface area contributed by atoms with Crippen LogP contribution in [0, 0.1) is 5.92 Å². The summed E-state index contributed by atoms with van der Waals surface area (Å²) in [5, 5.41) is 1.60. The number of nitrogens with one attached hydrogen (secondary N) is 1. The Labute approximate surface area is 173 Å². The predicted octanol–water partition coefficient (Wildman–Crippen LogP) is 5.46. The molecule has 0 aliphatic heterocycles. The Morgan fingerprint density at radius 2 is 1.46 bits per heavy atom. The SMILES string of the molecule is O=S(=O)(N[C@@H]1c2ccccc2[C@@H]2C=CC=C[C@@H]12)c1ccc(Br)c2ccccc12.